The van der Waals surface area contributed by atoms with E-state index in [2.05, 4.69) is 11.4 Å². The van der Waals surface area contributed by atoms with Crippen molar-refractivity contribution in [1.29, 1.82) is 5.26 Å². The molecular weight excluding hydrogens is 200 g/mol. The van der Waals surface area contributed by atoms with E-state index in [0.29, 0.717) is 17.9 Å². The van der Waals surface area contributed by atoms with E-state index in [1.807, 2.05) is 19.9 Å². The fraction of sp³-hybridized carbons (Fsp3) is 0.385. The number of amides is 1. The molecule has 0 spiro atoms. The fourth-order valence-corrected chi connectivity index (χ4v) is 1.45. The summed E-state index contributed by atoms with van der Waals surface area (Å²) in [6, 6.07) is 10.6. The third kappa shape index (κ3) is 3.74. The van der Waals surface area contributed by atoms with E-state index >= 15 is 0 Å². The Bertz CT molecular complexity index is 379. The Morgan fingerprint density at radius 3 is 2.50 bits per heavy atom. The van der Waals surface area contributed by atoms with Gasteiger partial charge in [0, 0.05) is 5.56 Å². The first-order valence-corrected chi connectivity index (χ1v) is 5.39. The maximum absolute atomic E-state index is 11.7. The Kier molecular flexibility index (Phi) is 4.53. The number of nitriles is 1. The van der Waals surface area contributed by atoms with Crippen LogP contribution in [0.2, 0.25) is 0 Å². The van der Waals surface area contributed by atoms with Crippen LogP contribution in [0.5, 0.6) is 0 Å². The van der Waals surface area contributed by atoms with E-state index < -0.39 is 6.04 Å². The van der Waals surface area contributed by atoms with E-state index in [1.165, 1.54) is 0 Å². The lowest BCUT2D eigenvalue weighted by Gasteiger charge is -2.13. The molecule has 1 aromatic carbocycles. The third-order valence-corrected chi connectivity index (χ3v) is 2.20. The fourth-order valence-electron chi connectivity index (χ4n) is 1.45. The van der Waals surface area contributed by atoms with Gasteiger partial charge < -0.3 is 5.32 Å². The molecule has 0 saturated carbocycles. The Balaban J connectivity index is 2.60. The van der Waals surface area contributed by atoms with Crippen molar-refractivity contribution in [3.8, 4) is 6.07 Å². The highest BCUT2D eigenvalue weighted by atomic mass is 16.1. The van der Waals surface area contributed by atoms with Gasteiger partial charge in [-0.15, -0.1) is 0 Å². The van der Waals surface area contributed by atoms with Gasteiger partial charge in [-0.05, 0) is 24.5 Å². The Labute approximate surface area is 96.1 Å². The number of benzene rings is 1. The molecule has 1 atom stereocenters. The SMILES string of the molecule is CC(C)C[C@@H](C#N)NC(=O)c1ccccc1. The zero-order valence-electron chi connectivity index (χ0n) is 9.60. The van der Waals surface area contributed by atoms with Gasteiger partial charge in [-0.25, -0.2) is 0 Å². The molecule has 3 nitrogen and oxygen atoms in total. The molecule has 0 heterocycles. The van der Waals surface area contributed by atoms with Crippen LogP contribution in [0.3, 0.4) is 0 Å². The maximum atomic E-state index is 11.7. The molecule has 0 fully saturated rings. The summed E-state index contributed by atoms with van der Waals surface area (Å²) in [5.74, 6) is 0.202. The molecule has 0 aliphatic heterocycles. The molecule has 3 heteroatoms. The second kappa shape index (κ2) is 5.92. The normalized spacial score (nSPS) is 11.9. The molecule has 1 amide bonds. The van der Waals surface area contributed by atoms with Crippen molar-refractivity contribution in [2.24, 2.45) is 5.92 Å². The lowest BCUT2D eigenvalue weighted by Crippen LogP contribution is -2.34. The molecule has 84 valence electrons. The van der Waals surface area contributed by atoms with Gasteiger partial charge in [0.25, 0.3) is 5.91 Å². The van der Waals surface area contributed by atoms with Gasteiger partial charge in [-0.2, -0.15) is 5.26 Å². The van der Waals surface area contributed by atoms with Gasteiger partial charge >= 0.3 is 0 Å². The molecule has 0 aromatic heterocycles. The number of nitrogens with zero attached hydrogens (tertiary/aromatic N) is 1. The molecular formula is C13H16N2O. The van der Waals surface area contributed by atoms with E-state index in [0.717, 1.165) is 0 Å². The minimum atomic E-state index is -0.410. The number of carbonyl (C=O) groups excluding carboxylic acids is 1. The molecule has 0 bridgehead atoms. The van der Waals surface area contributed by atoms with Gasteiger partial charge in [0.2, 0.25) is 0 Å². The number of carbonyl (C=O) groups is 1. The summed E-state index contributed by atoms with van der Waals surface area (Å²) in [5.41, 5.74) is 0.589. The second-order valence-electron chi connectivity index (χ2n) is 4.15. The molecule has 0 radical (unpaired) electrons. The summed E-state index contributed by atoms with van der Waals surface area (Å²) in [6.45, 7) is 4.05. The van der Waals surface area contributed by atoms with Crippen molar-refractivity contribution in [1.82, 2.24) is 5.32 Å². The van der Waals surface area contributed by atoms with Crippen molar-refractivity contribution in [3.63, 3.8) is 0 Å². The minimum Gasteiger partial charge on any atom is -0.336 e. The van der Waals surface area contributed by atoms with Crippen molar-refractivity contribution in [2.75, 3.05) is 0 Å². The lowest BCUT2D eigenvalue weighted by molar-refractivity contribution is 0.0942. The summed E-state index contributed by atoms with van der Waals surface area (Å²) in [6.07, 6.45) is 0.676. The van der Waals surface area contributed by atoms with E-state index in [4.69, 9.17) is 5.26 Å². The van der Waals surface area contributed by atoms with Crippen molar-refractivity contribution >= 4 is 5.91 Å². The van der Waals surface area contributed by atoms with Gasteiger partial charge in [0.15, 0.2) is 0 Å². The number of hydrogen-bond acceptors (Lipinski definition) is 2. The van der Waals surface area contributed by atoms with Gasteiger partial charge in [0.05, 0.1) is 6.07 Å². The zero-order chi connectivity index (χ0) is 12.0. The van der Waals surface area contributed by atoms with Crippen LogP contribution in [-0.2, 0) is 0 Å². The predicted octanol–water partition coefficient (Wildman–Crippen LogP) is 2.35. The van der Waals surface area contributed by atoms with Gasteiger partial charge in [-0.1, -0.05) is 32.0 Å². The topological polar surface area (TPSA) is 52.9 Å². The molecule has 0 aliphatic carbocycles. The van der Waals surface area contributed by atoms with Crippen LogP contribution >= 0.6 is 0 Å². The molecule has 0 saturated heterocycles. The first-order chi connectivity index (χ1) is 7.63. The molecule has 0 unspecified atom stereocenters. The third-order valence-electron chi connectivity index (χ3n) is 2.20. The van der Waals surface area contributed by atoms with E-state index in [1.54, 1.807) is 24.3 Å². The largest absolute Gasteiger partial charge is 0.336 e. The van der Waals surface area contributed by atoms with Crippen LogP contribution in [0.15, 0.2) is 30.3 Å². The molecule has 1 N–H and O–H groups in total. The molecule has 16 heavy (non-hydrogen) atoms. The Morgan fingerprint density at radius 1 is 1.38 bits per heavy atom. The summed E-state index contributed by atoms with van der Waals surface area (Å²) in [7, 11) is 0. The second-order valence-corrected chi connectivity index (χ2v) is 4.15. The molecule has 0 aliphatic rings. The van der Waals surface area contributed by atoms with Crippen LogP contribution in [0.25, 0.3) is 0 Å². The number of rotatable bonds is 4. The number of hydrogen-bond donors (Lipinski definition) is 1. The Hall–Kier alpha value is -1.82. The molecule has 1 rings (SSSR count). The summed E-state index contributed by atoms with van der Waals surface area (Å²) in [4.78, 5) is 11.7. The highest BCUT2D eigenvalue weighted by Crippen LogP contribution is 2.05. The average Bonchev–Trinajstić information content (AvgIpc) is 2.28. The first-order valence-electron chi connectivity index (χ1n) is 5.39. The summed E-state index contributed by atoms with van der Waals surface area (Å²) in [5, 5.41) is 11.6. The van der Waals surface area contributed by atoms with E-state index in [9.17, 15) is 4.79 Å². The highest BCUT2D eigenvalue weighted by Gasteiger charge is 2.13. The van der Waals surface area contributed by atoms with Crippen molar-refractivity contribution in [2.45, 2.75) is 26.3 Å². The lowest BCUT2D eigenvalue weighted by atomic mass is 10.0. The zero-order valence-corrected chi connectivity index (χ0v) is 9.60. The van der Waals surface area contributed by atoms with Crippen LogP contribution in [0.4, 0.5) is 0 Å². The summed E-state index contributed by atoms with van der Waals surface area (Å²) >= 11 is 0. The number of nitrogens with one attached hydrogen (secondary N) is 1. The van der Waals surface area contributed by atoms with Crippen LogP contribution in [-0.4, -0.2) is 11.9 Å². The quantitative estimate of drug-likeness (QED) is 0.840. The standard InChI is InChI=1S/C13H16N2O/c1-10(2)8-12(9-14)15-13(16)11-6-4-3-5-7-11/h3-7,10,12H,8H2,1-2H3,(H,15,16)/t12-/m0/s1. The van der Waals surface area contributed by atoms with Crippen LogP contribution < -0.4 is 5.32 Å². The minimum absolute atomic E-state index is 0.187. The maximum Gasteiger partial charge on any atom is 0.252 e. The van der Waals surface area contributed by atoms with Crippen LogP contribution in [0.1, 0.15) is 30.6 Å². The first kappa shape index (κ1) is 12.3. The average molecular weight is 216 g/mol. The van der Waals surface area contributed by atoms with Crippen molar-refractivity contribution in [3.05, 3.63) is 35.9 Å². The smallest absolute Gasteiger partial charge is 0.252 e. The molecule has 1 aromatic rings. The Morgan fingerprint density at radius 2 is 2.00 bits per heavy atom. The van der Waals surface area contributed by atoms with Gasteiger partial charge in [0.1, 0.15) is 6.04 Å². The van der Waals surface area contributed by atoms with Crippen LogP contribution in [0, 0.1) is 17.2 Å². The predicted molar refractivity (Wildman–Crippen MR) is 62.8 cm³/mol. The van der Waals surface area contributed by atoms with Crippen molar-refractivity contribution < 1.29 is 4.79 Å². The van der Waals surface area contributed by atoms with E-state index in [-0.39, 0.29) is 5.91 Å². The monoisotopic (exact) mass is 216 g/mol. The summed E-state index contributed by atoms with van der Waals surface area (Å²) < 4.78 is 0. The highest BCUT2D eigenvalue weighted by molar-refractivity contribution is 5.94. The van der Waals surface area contributed by atoms with Gasteiger partial charge in [-0.3, -0.25) is 4.79 Å².